The lowest BCUT2D eigenvalue weighted by Crippen LogP contribution is -2.39. The van der Waals surface area contributed by atoms with Gasteiger partial charge in [0.15, 0.2) is 0 Å². The molecule has 0 unspecified atom stereocenters. The molecule has 2 rings (SSSR count). The fourth-order valence-electron chi connectivity index (χ4n) is 2.19. The zero-order valence-corrected chi connectivity index (χ0v) is 14.5. The molecular formula is C16H20N2O2S2. The summed E-state index contributed by atoms with van der Waals surface area (Å²) in [4.78, 5) is 13.2. The third kappa shape index (κ3) is 4.68. The SMILES string of the molecule is Cc1ccsc1-c1cccc(NC(=O)N[C@@H](C)C[S@@](C)=O)c1. The maximum absolute atomic E-state index is 12.0. The van der Waals surface area contributed by atoms with E-state index in [4.69, 9.17) is 0 Å². The van der Waals surface area contributed by atoms with E-state index in [-0.39, 0.29) is 12.1 Å². The number of hydrogen-bond donors (Lipinski definition) is 2. The van der Waals surface area contributed by atoms with E-state index in [1.54, 1.807) is 17.6 Å². The first kappa shape index (κ1) is 16.7. The Bertz CT molecular complexity index is 682. The highest BCUT2D eigenvalue weighted by Crippen LogP contribution is 2.30. The van der Waals surface area contributed by atoms with E-state index >= 15 is 0 Å². The summed E-state index contributed by atoms with van der Waals surface area (Å²) in [6.07, 6.45) is 1.63. The Morgan fingerprint density at radius 3 is 2.77 bits per heavy atom. The number of hydrogen-bond acceptors (Lipinski definition) is 3. The zero-order valence-electron chi connectivity index (χ0n) is 12.9. The molecule has 0 aliphatic heterocycles. The first-order valence-electron chi connectivity index (χ1n) is 6.98. The minimum atomic E-state index is -0.926. The molecule has 0 bridgehead atoms. The zero-order chi connectivity index (χ0) is 16.1. The van der Waals surface area contributed by atoms with Gasteiger partial charge >= 0.3 is 6.03 Å². The Kier molecular flexibility index (Phi) is 5.74. The van der Waals surface area contributed by atoms with Crippen LogP contribution >= 0.6 is 11.3 Å². The van der Waals surface area contributed by atoms with Crippen molar-refractivity contribution in [2.75, 3.05) is 17.3 Å². The third-order valence-electron chi connectivity index (χ3n) is 3.11. The van der Waals surface area contributed by atoms with Gasteiger partial charge in [-0.3, -0.25) is 4.21 Å². The predicted molar refractivity (Wildman–Crippen MR) is 95.0 cm³/mol. The predicted octanol–water partition coefficient (Wildman–Crippen LogP) is 3.61. The summed E-state index contributed by atoms with van der Waals surface area (Å²) < 4.78 is 11.1. The van der Waals surface area contributed by atoms with E-state index < -0.39 is 10.8 Å². The smallest absolute Gasteiger partial charge is 0.319 e. The number of aryl methyl sites for hydroxylation is 1. The lowest BCUT2D eigenvalue weighted by atomic mass is 10.1. The standard InChI is InChI=1S/C16H20N2O2S2/c1-11-7-8-21-15(11)13-5-4-6-14(9-13)18-16(19)17-12(2)10-22(3)20/h4-9,12H,10H2,1-3H3,(H2,17,18,19)/t12-,22+/m0/s1. The normalized spacial score (nSPS) is 13.4. The van der Waals surface area contributed by atoms with Crippen LogP contribution in [0.2, 0.25) is 0 Å². The number of urea groups is 1. The summed E-state index contributed by atoms with van der Waals surface area (Å²) in [7, 11) is -0.926. The highest BCUT2D eigenvalue weighted by molar-refractivity contribution is 7.84. The van der Waals surface area contributed by atoms with E-state index in [0.717, 1.165) is 11.3 Å². The summed E-state index contributed by atoms with van der Waals surface area (Å²) in [6, 6.07) is 9.45. The molecule has 0 aliphatic carbocycles. The largest absolute Gasteiger partial charge is 0.334 e. The number of nitrogens with one attached hydrogen (secondary N) is 2. The van der Waals surface area contributed by atoms with Crippen LogP contribution in [0.5, 0.6) is 0 Å². The maximum Gasteiger partial charge on any atom is 0.319 e. The molecule has 22 heavy (non-hydrogen) atoms. The molecular weight excluding hydrogens is 316 g/mol. The lowest BCUT2D eigenvalue weighted by Gasteiger charge is -2.13. The molecule has 1 aromatic heterocycles. The molecule has 0 spiro atoms. The van der Waals surface area contributed by atoms with Gasteiger partial charge in [-0.15, -0.1) is 11.3 Å². The van der Waals surface area contributed by atoms with Crippen molar-refractivity contribution in [3.8, 4) is 10.4 Å². The molecule has 2 aromatic rings. The van der Waals surface area contributed by atoms with Crippen LogP contribution < -0.4 is 10.6 Å². The second kappa shape index (κ2) is 7.56. The highest BCUT2D eigenvalue weighted by Gasteiger charge is 2.10. The topological polar surface area (TPSA) is 58.2 Å². The van der Waals surface area contributed by atoms with Gasteiger partial charge in [-0.05, 0) is 48.6 Å². The van der Waals surface area contributed by atoms with Crippen molar-refractivity contribution in [1.82, 2.24) is 5.32 Å². The Morgan fingerprint density at radius 1 is 1.36 bits per heavy atom. The first-order valence-corrected chi connectivity index (χ1v) is 9.58. The van der Waals surface area contributed by atoms with Gasteiger partial charge in [0.2, 0.25) is 0 Å². The number of thiophene rings is 1. The van der Waals surface area contributed by atoms with E-state index in [9.17, 15) is 9.00 Å². The van der Waals surface area contributed by atoms with Crippen LogP contribution in [0, 0.1) is 6.92 Å². The Morgan fingerprint density at radius 2 is 2.14 bits per heavy atom. The van der Waals surface area contributed by atoms with Crippen LogP contribution in [0.25, 0.3) is 10.4 Å². The van der Waals surface area contributed by atoms with Crippen LogP contribution in [0.4, 0.5) is 10.5 Å². The molecule has 0 saturated carbocycles. The maximum atomic E-state index is 12.0. The quantitative estimate of drug-likeness (QED) is 0.876. The average molecular weight is 336 g/mol. The van der Waals surface area contributed by atoms with Crippen molar-refractivity contribution in [1.29, 1.82) is 0 Å². The summed E-state index contributed by atoms with van der Waals surface area (Å²) in [5.74, 6) is 0.446. The molecule has 0 radical (unpaired) electrons. The van der Waals surface area contributed by atoms with Crippen molar-refractivity contribution in [3.05, 3.63) is 41.3 Å². The van der Waals surface area contributed by atoms with Gasteiger partial charge in [-0.25, -0.2) is 4.79 Å². The van der Waals surface area contributed by atoms with E-state index in [0.29, 0.717) is 5.75 Å². The van der Waals surface area contributed by atoms with Gasteiger partial charge in [0, 0.05) is 39.4 Å². The number of carbonyl (C=O) groups excluding carboxylic acids is 1. The lowest BCUT2D eigenvalue weighted by molar-refractivity contribution is 0.250. The number of amides is 2. The van der Waals surface area contributed by atoms with E-state index in [1.165, 1.54) is 10.4 Å². The molecule has 4 nitrogen and oxygen atoms in total. The molecule has 2 atom stereocenters. The van der Waals surface area contributed by atoms with Crippen LogP contribution in [0.3, 0.4) is 0 Å². The van der Waals surface area contributed by atoms with Crippen LogP contribution in [0.1, 0.15) is 12.5 Å². The van der Waals surface area contributed by atoms with Crippen molar-refractivity contribution < 1.29 is 9.00 Å². The number of benzene rings is 1. The molecule has 2 N–H and O–H groups in total. The molecule has 1 aromatic carbocycles. The van der Waals surface area contributed by atoms with Gasteiger partial charge in [0.1, 0.15) is 0 Å². The summed E-state index contributed by atoms with van der Waals surface area (Å²) in [6.45, 7) is 3.91. The van der Waals surface area contributed by atoms with Gasteiger partial charge in [0.25, 0.3) is 0 Å². The first-order chi connectivity index (χ1) is 10.5. The van der Waals surface area contributed by atoms with E-state index in [2.05, 4.69) is 29.0 Å². The number of anilines is 1. The van der Waals surface area contributed by atoms with Crippen molar-refractivity contribution in [2.24, 2.45) is 0 Å². The highest BCUT2D eigenvalue weighted by atomic mass is 32.2. The van der Waals surface area contributed by atoms with Crippen LogP contribution in [0.15, 0.2) is 35.7 Å². The van der Waals surface area contributed by atoms with Gasteiger partial charge < -0.3 is 10.6 Å². The molecule has 0 saturated heterocycles. The molecule has 2 amide bonds. The van der Waals surface area contributed by atoms with Crippen molar-refractivity contribution in [2.45, 2.75) is 19.9 Å². The molecule has 118 valence electrons. The van der Waals surface area contributed by atoms with Crippen molar-refractivity contribution in [3.63, 3.8) is 0 Å². The Hall–Kier alpha value is -1.66. The summed E-state index contributed by atoms with van der Waals surface area (Å²) in [5, 5.41) is 7.67. The average Bonchev–Trinajstić information content (AvgIpc) is 2.84. The minimum absolute atomic E-state index is 0.131. The number of rotatable bonds is 5. The molecule has 1 heterocycles. The van der Waals surface area contributed by atoms with E-state index in [1.807, 2.05) is 31.2 Å². The van der Waals surface area contributed by atoms with Crippen molar-refractivity contribution >= 4 is 33.9 Å². The second-order valence-corrected chi connectivity index (χ2v) is 7.65. The minimum Gasteiger partial charge on any atom is -0.334 e. The second-order valence-electron chi connectivity index (χ2n) is 5.25. The summed E-state index contributed by atoms with van der Waals surface area (Å²) in [5.41, 5.74) is 3.06. The summed E-state index contributed by atoms with van der Waals surface area (Å²) >= 11 is 1.69. The number of carbonyl (C=O) groups is 1. The fraction of sp³-hybridized carbons (Fsp3) is 0.312. The van der Waals surface area contributed by atoms with Crippen LogP contribution in [-0.2, 0) is 10.8 Å². The molecule has 0 aliphatic rings. The Balaban J connectivity index is 2.03. The Labute approximate surface area is 137 Å². The monoisotopic (exact) mass is 336 g/mol. The molecule has 0 fully saturated rings. The van der Waals surface area contributed by atoms with Crippen LogP contribution in [-0.4, -0.2) is 28.3 Å². The molecule has 6 heteroatoms. The third-order valence-corrected chi connectivity index (χ3v) is 5.14. The van der Waals surface area contributed by atoms with Gasteiger partial charge in [0.05, 0.1) is 0 Å². The fourth-order valence-corrected chi connectivity index (χ4v) is 3.90. The van der Waals surface area contributed by atoms with Gasteiger partial charge in [-0.2, -0.15) is 0 Å². The van der Waals surface area contributed by atoms with Gasteiger partial charge in [-0.1, -0.05) is 12.1 Å².